The molecule has 0 spiro atoms. The minimum absolute atomic E-state index is 0.116. The van der Waals surface area contributed by atoms with Crippen LogP contribution >= 0.6 is 0 Å². The molecule has 1 aromatic heterocycles. The van der Waals surface area contributed by atoms with E-state index in [1.54, 1.807) is 14.2 Å². The minimum Gasteiger partial charge on any atom is -0.493 e. The molecule has 1 aliphatic heterocycles. The molecule has 1 atom stereocenters. The first-order valence-corrected chi connectivity index (χ1v) is 10.0. The Morgan fingerprint density at radius 2 is 1.83 bits per heavy atom. The number of esters is 1. The van der Waals surface area contributed by atoms with Crippen LogP contribution in [0.5, 0.6) is 11.5 Å². The van der Waals surface area contributed by atoms with Crippen molar-refractivity contribution in [1.82, 2.24) is 9.88 Å². The van der Waals surface area contributed by atoms with Gasteiger partial charge < -0.3 is 14.2 Å². The van der Waals surface area contributed by atoms with Crippen molar-refractivity contribution in [3.8, 4) is 11.5 Å². The van der Waals surface area contributed by atoms with Crippen molar-refractivity contribution < 1.29 is 19.0 Å². The molecule has 0 bridgehead atoms. The minimum atomic E-state index is -0.237. The van der Waals surface area contributed by atoms with E-state index in [-0.39, 0.29) is 18.4 Å². The van der Waals surface area contributed by atoms with Crippen LogP contribution in [0.25, 0.3) is 10.9 Å². The zero-order chi connectivity index (χ0) is 21.1. The maximum absolute atomic E-state index is 12.2. The lowest BCUT2D eigenvalue weighted by molar-refractivity contribution is -0.142. The highest BCUT2D eigenvalue weighted by Crippen LogP contribution is 2.40. The molecule has 4 rings (SSSR count). The topological polar surface area (TPSA) is 60.9 Å². The first kappa shape index (κ1) is 20.2. The first-order chi connectivity index (χ1) is 14.6. The molecule has 0 amide bonds. The van der Waals surface area contributed by atoms with Gasteiger partial charge in [0, 0.05) is 24.5 Å². The Hall–Kier alpha value is -3.12. The van der Waals surface area contributed by atoms with E-state index in [9.17, 15) is 4.79 Å². The number of carbonyl (C=O) groups is 1. The van der Waals surface area contributed by atoms with Crippen molar-refractivity contribution >= 4 is 16.9 Å². The van der Waals surface area contributed by atoms with E-state index in [0.29, 0.717) is 18.0 Å². The van der Waals surface area contributed by atoms with Gasteiger partial charge in [-0.25, -0.2) is 0 Å². The summed E-state index contributed by atoms with van der Waals surface area (Å²) in [7, 11) is 4.69. The average Bonchev–Trinajstić information content (AvgIpc) is 2.79. The van der Waals surface area contributed by atoms with Gasteiger partial charge in [0.1, 0.15) is 0 Å². The molecule has 1 aliphatic rings. The van der Waals surface area contributed by atoms with Crippen LogP contribution < -0.4 is 9.47 Å². The summed E-state index contributed by atoms with van der Waals surface area (Å²) >= 11 is 0. The molecule has 30 heavy (non-hydrogen) atoms. The van der Waals surface area contributed by atoms with Crippen LogP contribution in [0.4, 0.5) is 0 Å². The molecule has 2 aromatic carbocycles. The number of fused-ring (bicyclic) bond motifs is 2. The largest absolute Gasteiger partial charge is 0.493 e. The zero-order valence-electron chi connectivity index (χ0n) is 17.6. The number of aromatic nitrogens is 1. The van der Waals surface area contributed by atoms with Crippen LogP contribution in [0.3, 0.4) is 0 Å². The summed E-state index contributed by atoms with van der Waals surface area (Å²) in [5.41, 5.74) is 4.20. The third-order valence-corrected chi connectivity index (χ3v) is 5.72. The number of benzene rings is 2. The average molecular weight is 406 g/mol. The van der Waals surface area contributed by atoms with Crippen LogP contribution in [0, 0.1) is 0 Å². The molecule has 6 nitrogen and oxygen atoms in total. The molecule has 0 radical (unpaired) electrons. The predicted octanol–water partition coefficient (Wildman–Crippen LogP) is 3.91. The third-order valence-electron chi connectivity index (χ3n) is 5.72. The van der Waals surface area contributed by atoms with Crippen LogP contribution in [-0.2, 0) is 22.5 Å². The highest BCUT2D eigenvalue weighted by molar-refractivity contribution is 5.78. The summed E-state index contributed by atoms with van der Waals surface area (Å²) in [4.78, 5) is 19.3. The second kappa shape index (κ2) is 8.71. The van der Waals surface area contributed by atoms with Crippen LogP contribution in [-0.4, -0.2) is 43.7 Å². The van der Waals surface area contributed by atoms with E-state index in [0.717, 1.165) is 35.1 Å². The van der Waals surface area contributed by atoms with Gasteiger partial charge in [0.15, 0.2) is 11.5 Å². The Morgan fingerprint density at radius 1 is 1.07 bits per heavy atom. The van der Waals surface area contributed by atoms with Crippen molar-refractivity contribution in [2.45, 2.75) is 25.4 Å². The summed E-state index contributed by atoms with van der Waals surface area (Å²) in [5.74, 6) is 1.13. The van der Waals surface area contributed by atoms with Gasteiger partial charge in [0.2, 0.25) is 0 Å². The second-order valence-corrected chi connectivity index (χ2v) is 7.42. The van der Waals surface area contributed by atoms with E-state index in [1.807, 2.05) is 30.3 Å². The quantitative estimate of drug-likeness (QED) is 0.579. The van der Waals surface area contributed by atoms with E-state index in [2.05, 4.69) is 23.1 Å². The van der Waals surface area contributed by atoms with Crippen LogP contribution in [0.2, 0.25) is 0 Å². The predicted molar refractivity (Wildman–Crippen MR) is 115 cm³/mol. The van der Waals surface area contributed by atoms with Gasteiger partial charge in [-0.15, -0.1) is 0 Å². The van der Waals surface area contributed by atoms with Gasteiger partial charge in [-0.1, -0.05) is 24.3 Å². The van der Waals surface area contributed by atoms with Crippen molar-refractivity contribution in [2.24, 2.45) is 0 Å². The molecule has 0 unspecified atom stereocenters. The molecule has 156 valence electrons. The lowest BCUT2D eigenvalue weighted by Gasteiger charge is -2.37. The molecular formula is C24H26N2O4. The Kier molecular flexibility index (Phi) is 5.86. The lowest BCUT2D eigenvalue weighted by atomic mass is 9.89. The summed E-state index contributed by atoms with van der Waals surface area (Å²) in [6, 6.07) is 16.1. The fourth-order valence-corrected chi connectivity index (χ4v) is 4.15. The second-order valence-electron chi connectivity index (χ2n) is 7.42. The molecule has 0 saturated carbocycles. The number of carbonyl (C=O) groups excluding carboxylic acids is 1. The van der Waals surface area contributed by atoms with Crippen molar-refractivity contribution in [2.75, 3.05) is 27.9 Å². The highest BCUT2D eigenvalue weighted by atomic mass is 16.5. The SMILES string of the molecule is COC(=O)C[C@@H]1c2cc(OC)c(OC)cc2CCN1Cc1ccc2ccccc2n1. The molecule has 0 fully saturated rings. The fourth-order valence-electron chi connectivity index (χ4n) is 4.15. The lowest BCUT2D eigenvalue weighted by Crippen LogP contribution is -2.36. The molecule has 0 saturated heterocycles. The zero-order valence-corrected chi connectivity index (χ0v) is 17.6. The van der Waals surface area contributed by atoms with E-state index < -0.39 is 0 Å². The van der Waals surface area contributed by atoms with Crippen LogP contribution in [0.1, 0.15) is 29.3 Å². The molecule has 0 N–H and O–H groups in total. The van der Waals surface area contributed by atoms with Gasteiger partial charge in [-0.3, -0.25) is 14.7 Å². The van der Waals surface area contributed by atoms with Gasteiger partial charge in [-0.05, 0) is 41.8 Å². The number of methoxy groups -OCH3 is 3. The van der Waals surface area contributed by atoms with Gasteiger partial charge in [-0.2, -0.15) is 0 Å². The van der Waals surface area contributed by atoms with Crippen molar-refractivity contribution in [3.63, 3.8) is 0 Å². The number of rotatable bonds is 6. The number of hydrogen-bond donors (Lipinski definition) is 0. The van der Waals surface area contributed by atoms with E-state index >= 15 is 0 Å². The maximum Gasteiger partial charge on any atom is 0.307 e. The van der Waals surface area contributed by atoms with E-state index in [1.165, 1.54) is 12.7 Å². The molecule has 6 heteroatoms. The monoisotopic (exact) mass is 406 g/mol. The fraction of sp³-hybridized carbons (Fsp3) is 0.333. The standard InChI is InChI=1S/C24H26N2O4/c1-28-22-12-17-10-11-26(15-18-9-8-16-6-4-5-7-20(16)25-18)21(14-24(27)30-3)19(17)13-23(22)29-2/h4-9,12-13,21H,10-11,14-15H2,1-3H3/t21-/m1/s1. The molecular weight excluding hydrogens is 380 g/mol. The number of para-hydroxylation sites is 1. The van der Waals surface area contributed by atoms with Crippen LogP contribution in [0.15, 0.2) is 48.5 Å². The third kappa shape index (κ3) is 3.96. The summed E-state index contributed by atoms with van der Waals surface area (Å²) in [6.45, 7) is 1.47. The summed E-state index contributed by atoms with van der Waals surface area (Å²) < 4.78 is 16.0. The number of ether oxygens (including phenoxy) is 3. The number of hydrogen-bond acceptors (Lipinski definition) is 6. The van der Waals surface area contributed by atoms with E-state index in [4.69, 9.17) is 19.2 Å². The Balaban J connectivity index is 1.69. The Bertz CT molecular complexity index is 1070. The summed E-state index contributed by atoms with van der Waals surface area (Å²) in [5, 5.41) is 1.12. The number of nitrogens with zero attached hydrogens (tertiary/aromatic N) is 2. The number of pyridine rings is 1. The van der Waals surface area contributed by atoms with Gasteiger partial charge in [0.25, 0.3) is 0 Å². The smallest absolute Gasteiger partial charge is 0.307 e. The van der Waals surface area contributed by atoms with Crippen molar-refractivity contribution in [1.29, 1.82) is 0 Å². The summed E-state index contributed by atoms with van der Waals surface area (Å²) in [6.07, 6.45) is 1.13. The maximum atomic E-state index is 12.2. The van der Waals surface area contributed by atoms with Gasteiger partial charge in [0.05, 0.1) is 39.0 Å². The van der Waals surface area contributed by atoms with Crippen molar-refractivity contribution in [3.05, 3.63) is 65.4 Å². The molecule has 2 heterocycles. The Labute approximate surface area is 176 Å². The Morgan fingerprint density at radius 3 is 2.60 bits per heavy atom. The first-order valence-electron chi connectivity index (χ1n) is 10.0. The highest BCUT2D eigenvalue weighted by Gasteiger charge is 2.31. The van der Waals surface area contributed by atoms with Gasteiger partial charge >= 0.3 is 5.97 Å². The normalized spacial score (nSPS) is 16.2. The molecule has 3 aromatic rings. The molecule has 0 aliphatic carbocycles.